The third kappa shape index (κ3) is 6.41. The zero-order chi connectivity index (χ0) is 36.1. The van der Waals surface area contributed by atoms with Crippen LogP contribution in [-0.4, -0.2) is 110 Å². The number of nitrogens with two attached hydrogens (primary N) is 2. The summed E-state index contributed by atoms with van der Waals surface area (Å²) in [6.07, 6.45) is -1.39. The summed E-state index contributed by atoms with van der Waals surface area (Å²) in [7, 11) is -10.5. The summed E-state index contributed by atoms with van der Waals surface area (Å²) in [6, 6.07) is 0. The molecule has 23 nitrogen and oxygen atoms in total. The monoisotopic (exact) mass is 756 g/mol. The van der Waals surface area contributed by atoms with Crippen LogP contribution in [-0.2, 0) is 50.9 Å². The van der Waals surface area contributed by atoms with Gasteiger partial charge < -0.3 is 49.7 Å². The number of rotatable bonds is 10. The molecule has 8 heterocycles. The minimum absolute atomic E-state index is 0.158. The first-order valence-corrected chi connectivity index (χ1v) is 18.5. The fraction of sp³-hybridized carbons (Fsp3) is 0.615. The molecule has 51 heavy (non-hydrogen) atoms. The van der Waals surface area contributed by atoms with Gasteiger partial charge in [-0.25, -0.2) is 39.0 Å². The van der Waals surface area contributed by atoms with Gasteiger partial charge in [-0.15, -0.1) is 0 Å². The molecule has 4 aromatic heterocycles. The predicted octanol–water partition coefficient (Wildman–Crippen LogP) is 0.916. The first kappa shape index (κ1) is 34.8. The van der Waals surface area contributed by atoms with Crippen LogP contribution in [0, 0.1) is 0 Å². The summed E-state index contributed by atoms with van der Waals surface area (Å²) in [5, 5.41) is 0. The number of phosphoric acid groups is 2. The van der Waals surface area contributed by atoms with Crippen LogP contribution in [0.15, 0.2) is 25.3 Å². The van der Waals surface area contributed by atoms with E-state index < -0.39 is 89.5 Å². The van der Waals surface area contributed by atoms with Crippen molar-refractivity contribution in [3.05, 3.63) is 25.3 Å². The molecule has 6 N–H and O–H groups in total. The molecule has 0 radical (unpaired) electrons. The normalized spacial score (nSPS) is 33.4. The van der Waals surface area contributed by atoms with E-state index in [4.69, 9.17) is 48.9 Å². The third-order valence-corrected chi connectivity index (χ3v) is 11.2. The van der Waals surface area contributed by atoms with E-state index in [-0.39, 0.29) is 11.6 Å². The quantitative estimate of drug-likeness (QED) is 0.163. The lowest BCUT2D eigenvalue weighted by Crippen LogP contribution is -2.33. The summed E-state index contributed by atoms with van der Waals surface area (Å²) < 4.78 is 80.3. The van der Waals surface area contributed by atoms with E-state index in [1.807, 2.05) is 0 Å². The molecular formula is C26H34N10O13P2. The van der Waals surface area contributed by atoms with Crippen molar-refractivity contribution in [2.24, 2.45) is 0 Å². The lowest BCUT2D eigenvalue weighted by Gasteiger charge is -2.25. The maximum absolute atomic E-state index is 13.0. The van der Waals surface area contributed by atoms with Crippen LogP contribution >= 0.6 is 15.6 Å². The second-order valence-corrected chi connectivity index (χ2v) is 16.1. The largest absolute Gasteiger partial charge is 0.481 e. The van der Waals surface area contributed by atoms with E-state index in [2.05, 4.69) is 34.2 Å². The number of ether oxygens (including phenoxy) is 6. The van der Waals surface area contributed by atoms with Gasteiger partial charge in [0.05, 0.1) is 25.9 Å². The number of nitrogens with zero attached hydrogens (tertiary/aromatic N) is 8. The number of phosphoric ester groups is 2. The second kappa shape index (κ2) is 12.1. The molecule has 0 bridgehead atoms. The zero-order valence-corrected chi connectivity index (χ0v) is 29.1. The van der Waals surface area contributed by atoms with Gasteiger partial charge in [0.15, 0.2) is 47.0 Å². The second-order valence-electron chi connectivity index (χ2n) is 13.0. The number of imidazole rings is 2. The Balaban J connectivity index is 0.928. The summed E-state index contributed by atoms with van der Waals surface area (Å²) >= 11 is 0. The van der Waals surface area contributed by atoms with Gasteiger partial charge in [0, 0.05) is 0 Å². The van der Waals surface area contributed by atoms with Crippen LogP contribution in [0.4, 0.5) is 11.6 Å². The van der Waals surface area contributed by atoms with E-state index in [0.29, 0.717) is 22.3 Å². The Labute approximate surface area is 287 Å². The SMILES string of the molecule is CC1(C)O[C@@H]2[C@H](O1)[C@@H](COP(=O)(O)OP(=O)(O)OC[C@H]1O[C@@H](n3cnc4c(N)ncnc43)[C@@H]3OC(C)(C)O[C@@H]31)O[C@H]2n1cnc2c(N)ncnc21. The standard InChI is InChI=1S/C26H34N10O13P2/c1-25(2)45-15-11(43-23(17(15)47-25)35-9-33-13-19(27)29-7-31-21(13)35)5-41-50(37,38)49-51(39,40)42-6-12-16-18(48-26(3,4)46-16)24(44-12)36-10-34-14-20(28)30-8-32-22(14)36/h7-12,15-18,23-24H,5-6H2,1-4H3,(H,37,38)(H,39,40)(H2,27,29,31)(H2,28,30,32)/t11-,12-,15-,16-,17-,18-,23-,24-/m1/s1. The third-order valence-electron chi connectivity index (χ3n) is 8.58. The van der Waals surface area contributed by atoms with Gasteiger partial charge in [0.25, 0.3) is 0 Å². The molecule has 0 aliphatic carbocycles. The topological polar surface area (TPSA) is 297 Å². The number of hydrogen-bond acceptors (Lipinski definition) is 19. The Bertz CT molecular complexity index is 1940. The van der Waals surface area contributed by atoms with Gasteiger partial charge in [-0.1, -0.05) is 0 Å². The summed E-state index contributed by atoms with van der Waals surface area (Å²) in [5.41, 5.74) is 13.2. The molecule has 4 fully saturated rings. The van der Waals surface area contributed by atoms with Gasteiger partial charge in [-0.05, 0) is 27.7 Å². The van der Waals surface area contributed by atoms with Crippen LogP contribution in [0.2, 0.25) is 0 Å². The fourth-order valence-corrected chi connectivity index (χ4v) is 8.75. The Kier molecular flexibility index (Phi) is 8.28. The van der Waals surface area contributed by atoms with E-state index >= 15 is 0 Å². The highest BCUT2D eigenvalue weighted by Crippen LogP contribution is 2.61. The molecule has 0 saturated carbocycles. The van der Waals surface area contributed by atoms with Gasteiger partial charge in [0.2, 0.25) is 0 Å². The smallest absolute Gasteiger partial charge is 0.382 e. The molecule has 4 aliphatic rings. The molecule has 4 aliphatic heterocycles. The average molecular weight is 757 g/mol. The Hall–Kier alpha value is -3.28. The maximum atomic E-state index is 13.0. The van der Waals surface area contributed by atoms with Crippen molar-refractivity contribution in [1.82, 2.24) is 39.0 Å². The molecule has 25 heteroatoms. The van der Waals surface area contributed by atoms with Crippen LogP contribution in [0.5, 0.6) is 0 Å². The fourth-order valence-electron chi connectivity index (χ4n) is 6.66. The van der Waals surface area contributed by atoms with E-state index in [9.17, 15) is 18.9 Å². The molecule has 10 atom stereocenters. The van der Waals surface area contributed by atoms with Gasteiger partial charge in [-0.3, -0.25) is 18.2 Å². The van der Waals surface area contributed by atoms with Crippen molar-refractivity contribution >= 4 is 49.6 Å². The minimum Gasteiger partial charge on any atom is -0.382 e. The molecular weight excluding hydrogens is 722 g/mol. The number of nitrogen functional groups attached to an aromatic ring is 2. The molecule has 0 amide bonds. The van der Waals surface area contributed by atoms with E-state index in [0.717, 1.165) is 0 Å². The minimum atomic E-state index is -5.25. The molecule has 2 unspecified atom stereocenters. The van der Waals surface area contributed by atoms with Crippen molar-refractivity contribution < 1.29 is 60.7 Å². The average Bonchev–Trinajstić information content (AvgIpc) is 3.86. The van der Waals surface area contributed by atoms with Gasteiger partial charge in [0.1, 0.15) is 60.3 Å². The molecule has 8 rings (SSSR count). The Morgan fingerprint density at radius 1 is 0.686 bits per heavy atom. The van der Waals surface area contributed by atoms with Crippen molar-refractivity contribution in [2.45, 2.75) is 88.3 Å². The number of hydrogen-bond donors (Lipinski definition) is 4. The highest BCUT2D eigenvalue weighted by atomic mass is 31.3. The van der Waals surface area contributed by atoms with Crippen molar-refractivity contribution in [2.75, 3.05) is 24.7 Å². The van der Waals surface area contributed by atoms with Crippen LogP contribution < -0.4 is 11.5 Å². The van der Waals surface area contributed by atoms with Crippen LogP contribution in [0.25, 0.3) is 22.3 Å². The summed E-state index contributed by atoms with van der Waals surface area (Å²) in [4.78, 5) is 45.8. The lowest BCUT2D eigenvalue weighted by atomic mass is 10.1. The first-order chi connectivity index (χ1) is 24.0. The summed E-state index contributed by atoms with van der Waals surface area (Å²) in [6.45, 7) is 5.54. The number of anilines is 2. The Morgan fingerprint density at radius 2 is 1.08 bits per heavy atom. The Morgan fingerprint density at radius 3 is 1.49 bits per heavy atom. The zero-order valence-electron chi connectivity index (χ0n) is 27.4. The lowest BCUT2D eigenvalue weighted by molar-refractivity contribution is -0.199. The van der Waals surface area contributed by atoms with Gasteiger partial charge >= 0.3 is 15.6 Å². The van der Waals surface area contributed by atoms with Gasteiger partial charge in [-0.2, -0.15) is 4.31 Å². The molecule has 276 valence electrons. The first-order valence-electron chi connectivity index (χ1n) is 15.5. The van der Waals surface area contributed by atoms with Crippen LogP contribution in [0.3, 0.4) is 0 Å². The van der Waals surface area contributed by atoms with E-state index in [1.54, 1.807) is 36.8 Å². The van der Waals surface area contributed by atoms with Crippen molar-refractivity contribution in [3.63, 3.8) is 0 Å². The highest BCUT2D eigenvalue weighted by molar-refractivity contribution is 7.61. The number of fused-ring (bicyclic) bond motifs is 4. The van der Waals surface area contributed by atoms with E-state index in [1.165, 1.54) is 25.3 Å². The van der Waals surface area contributed by atoms with Crippen molar-refractivity contribution in [1.29, 1.82) is 0 Å². The molecule has 4 saturated heterocycles. The predicted molar refractivity (Wildman–Crippen MR) is 168 cm³/mol. The number of aromatic nitrogens is 8. The van der Waals surface area contributed by atoms with Crippen molar-refractivity contribution in [3.8, 4) is 0 Å². The molecule has 0 spiro atoms. The molecule has 4 aromatic rings. The van der Waals surface area contributed by atoms with Crippen LogP contribution in [0.1, 0.15) is 40.2 Å². The maximum Gasteiger partial charge on any atom is 0.481 e. The highest BCUT2D eigenvalue weighted by Gasteiger charge is 2.58. The summed E-state index contributed by atoms with van der Waals surface area (Å²) in [5.74, 6) is -1.79. The molecule has 0 aromatic carbocycles.